The van der Waals surface area contributed by atoms with Gasteiger partial charge in [-0.2, -0.15) is 0 Å². The van der Waals surface area contributed by atoms with Crippen LogP contribution < -0.4 is 5.32 Å². The van der Waals surface area contributed by atoms with Gasteiger partial charge in [0.15, 0.2) is 0 Å². The number of piperidine rings is 1. The van der Waals surface area contributed by atoms with Gasteiger partial charge in [-0.15, -0.1) is 0 Å². The van der Waals surface area contributed by atoms with Crippen LogP contribution in [0, 0.1) is 29.6 Å². The third kappa shape index (κ3) is 1.82. The lowest BCUT2D eigenvalue weighted by Gasteiger charge is -2.30. The predicted octanol–water partition coefficient (Wildman–Crippen LogP) is 1.54. The van der Waals surface area contributed by atoms with E-state index >= 15 is 0 Å². The van der Waals surface area contributed by atoms with Crippen LogP contribution in [0.5, 0.6) is 0 Å². The zero-order chi connectivity index (χ0) is 13.9. The number of likely N-dealkylation sites (tertiary alicyclic amines) is 1. The normalized spacial score (nSPS) is 42.4. The molecule has 4 aliphatic rings. The SMILES string of the molecule is O=C(O)C1CCN(C(=O)NC2C3C4CCC(C4)C23)CC1. The van der Waals surface area contributed by atoms with Gasteiger partial charge in [-0.3, -0.25) is 4.79 Å². The second-order valence-corrected chi connectivity index (χ2v) is 7.06. The second-order valence-electron chi connectivity index (χ2n) is 7.06. The first kappa shape index (κ1) is 12.5. The standard InChI is InChI=1S/C15H22N2O3/c18-14(19)8-3-5-17(6-4-8)15(20)16-13-11-9-1-2-10(7-9)12(11)13/h8-13H,1-7H2,(H,16,20)(H,18,19). The molecule has 4 unspecified atom stereocenters. The van der Waals surface area contributed by atoms with Gasteiger partial charge in [0, 0.05) is 19.1 Å². The van der Waals surface area contributed by atoms with Crippen LogP contribution in [-0.2, 0) is 4.79 Å². The van der Waals surface area contributed by atoms with Crippen LogP contribution in [0.25, 0.3) is 0 Å². The maximum atomic E-state index is 12.3. The summed E-state index contributed by atoms with van der Waals surface area (Å²) in [5.41, 5.74) is 0. The molecule has 1 heterocycles. The summed E-state index contributed by atoms with van der Waals surface area (Å²) >= 11 is 0. The Hall–Kier alpha value is -1.26. The largest absolute Gasteiger partial charge is 0.481 e. The minimum atomic E-state index is -0.724. The Bertz CT molecular complexity index is 428. The van der Waals surface area contributed by atoms with Gasteiger partial charge >= 0.3 is 12.0 Å². The van der Waals surface area contributed by atoms with Gasteiger partial charge in [0.25, 0.3) is 0 Å². The highest BCUT2D eigenvalue weighted by atomic mass is 16.4. The number of amides is 2. The molecule has 2 N–H and O–H groups in total. The van der Waals surface area contributed by atoms with Crippen molar-refractivity contribution in [1.82, 2.24) is 10.2 Å². The first-order chi connectivity index (χ1) is 9.65. The summed E-state index contributed by atoms with van der Waals surface area (Å²) in [6, 6.07) is 0.457. The molecular weight excluding hydrogens is 256 g/mol. The lowest BCUT2D eigenvalue weighted by molar-refractivity contribution is -0.143. The molecule has 4 rings (SSSR count). The van der Waals surface area contributed by atoms with Crippen LogP contribution in [0.4, 0.5) is 4.79 Å². The summed E-state index contributed by atoms with van der Waals surface area (Å²) in [5, 5.41) is 12.2. The Balaban J connectivity index is 1.29. The van der Waals surface area contributed by atoms with E-state index in [0.29, 0.717) is 32.0 Å². The number of carbonyl (C=O) groups is 2. The third-order valence-corrected chi connectivity index (χ3v) is 6.16. The molecule has 0 aromatic carbocycles. The number of hydrogen-bond donors (Lipinski definition) is 2. The molecule has 5 nitrogen and oxygen atoms in total. The molecule has 0 radical (unpaired) electrons. The maximum absolute atomic E-state index is 12.3. The van der Waals surface area contributed by atoms with Crippen LogP contribution in [0.3, 0.4) is 0 Å². The molecule has 4 fully saturated rings. The number of carboxylic acid groups (broad SMARTS) is 1. The Morgan fingerprint density at radius 3 is 2.15 bits per heavy atom. The molecule has 5 heteroatoms. The fraction of sp³-hybridized carbons (Fsp3) is 0.867. The summed E-state index contributed by atoms with van der Waals surface area (Å²) in [5.74, 6) is 2.26. The number of hydrogen-bond acceptors (Lipinski definition) is 2. The van der Waals surface area contributed by atoms with E-state index in [9.17, 15) is 9.59 Å². The highest BCUT2D eigenvalue weighted by Gasteiger charge is 2.65. The van der Waals surface area contributed by atoms with Crippen molar-refractivity contribution >= 4 is 12.0 Å². The smallest absolute Gasteiger partial charge is 0.317 e. The van der Waals surface area contributed by atoms with Crippen molar-refractivity contribution in [2.24, 2.45) is 29.6 Å². The lowest BCUT2D eigenvalue weighted by Crippen LogP contribution is -2.47. The number of nitrogens with zero attached hydrogens (tertiary/aromatic N) is 1. The molecule has 2 bridgehead atoms. The summed E-state index contributed by atoms with van der Waals surface area (Å²) < 4.78 is 0. The number of fused-ring (bicyclic) bond motifs is 5. The van der Waals surface area contributed by atoms with Gasteiger partial charge in [-0.1, -0.05) is 0 Å². The van der Waals surface area contributed by atoms with Crippen LogP contribution in [0.15, 0.2) is 0 Å². The molecule has 1 aliphatic heterocycles. The Morgan fingerprint density at radius 1 is 1.00 bits per heavy atom. The van der Waals surface area contributed by atoms with E-state index in [1.54, 1.807) is 4.90 Å². The number of carbonyl (C=O) groups excluding carboxylic acids is 1. The van der Waals surface area contributed by atoms with Crippen LogP contribution in [0.2, 0.25) is 0 Å². The first-order valence-electron chi connectivity index (χ1n) is 7.93. The molecule has 1 saturated heterocycles. The van der Waals surface area contributed by atoms with Crippen LogP contribution in [0.1, 0.15) is 32.1 Å². The topological polar surface area (TPSA) is 69.6 Å². The number of aliphatic carboxylic acids is 1. The van der Waals surface area contributed by atoms with E-state index in [-0.39, 0.29) is 11.9 Å². The van der Waals surface area contributed by atoms with E-state index in [4.69, 9.17) is 5.11 Å². The molecule has 4 atom stereocenters. The van der Waals surface area contributed by atoms with E-state index in [1.165, 1.54) is 19.3 Å². The van der Waals surface area contributed by atoms with Gasteiger partial charge in [-0.05, 0) is 55.8 Å². The fourth-order valence-electron chi connectivity index (χ4n) is 5.08. The van der Waals surface area contributed by atoms with E-state index in [0.717, 1.165) is 23.7 Å². The summed E-state index contributed by atoms with van der Waals surface area (Å²) in [6.07, 6.45) is 5.30. The van der Waals surface area contributed by atoms with Crippen molar-refractivity contribution in [3.05, 3.63) is 0 Å². The van der Waals surface area contributed by atoms with Crippen molar-refractivity contribution in [1.29, 1.82) is 0 Å². The number of carboxylic acids is 1. The minimum Gasteiger partial charge on any atom is -0.481 e. The van der Waals surface area contributed by atoms with Crippen molar-refractivity contribution in [3.63, 3.8) is 0 Å². The molecule has 0 spiro atoms. The summed E-state index contributed by atoms with van der Waals surface area (Å²) in [7, 11) is 0. The lowest BCUT2D eigenvalue weighted by atomic mass is 9.97. The first-order valence-corrected chi connectivity index (χ1v) is 7.93. The van der Waals surface area contributed by atoms with Gasteiger partial charge in [-0.25, -0.2) is 4.79 Å². The number of nitrogens with one attached hydrogen (secondary N) is 1. The molecule has 0 aromatic heterocycles. The molecule has 110 valence electrons. The van der Waals surface area contributed by atoms with Crippen molar-refractivity contribution < 1.29 is 14.7 Å². The summed E-state index contributed by atoms with van der Waals surface area (Å²) in [6.45, 7) is 1.16. The molecule has 3 aliphatic carbocycles. The van der Waals surface area contributed by atoms with E-state index in [2.05, 4.69) is 5.32 Å². The zero-order valence-electron chi connectivity index (χ0n) is 11.6. The Labute approximate surface area is 118 Å². The molecule has 3 saturated carbocycles. The number of rotatable bonds is 2. The van der Waals surface area contributed by atoms with Gasteiger partial charge in [0.1, 0.15) is 0 Å². The molecule has 0 aromatic rings. The molecule has 20 heavy (non-hydrogen) atoms. The van der Waals surface area contributed by atoms with Crippen LogP contribution >= 0.6 is 0 Å². The highest BCUT2D eigenvalue weighted by Crippen LogP contribution is 2.65. The summed E-state index contributed by atoms with van der Waals surface area (Å²) in [4.78, 5) is 25.0. The Kier molecular flexibility index (Phi) is 2.72. The van der Waals surface area contributed by atoms with Crippen molar-refractivity contribution in [2.45, 2.75) is 38.1 Å². The predicted molar refractivity (Wildman–Crippen MR) is 72.1 cm³/mol. The molecular formula is C15H22N2O3. The van der Waals surface area contributed by atoms with Gasteiger partial charge in [0.2, 0.25) is 0 Å². The van der Waals surface area contributed by atoms with Gasteiger partial charge in [0.05, 0.1) is 5.92 Å². The maximum Gasteiger partial charge on any atom is 0.317 e. The molecule has 2 amide bonds. The van der Waals surface area contributed by atoms with E-state index in [1.807, 2.05) is 0 Å². The highest BCUT2D eigenvalue weighted by molar-refractivity contribution is 5.76. The second kappa shape index (κ2) is 4.37. The van der Waals surface area contributed by atoms with Crippen molar-refractivity contribution in [3.8, 4) is 0 Å². The average molecular weight is 278 g/mol. The average Bonchev–Trinajstić information content (AvgIpc) is 2.84. The third-order valence-electron chi connectivity index (χ3n) is 6.16. The monoisotopic (exact) mass is 278 g/mol. The fourth-order valence-corrected chi connectivity index (χ4v) is 5.08. The quantitative estimate of drug-likeness (QED) is 0.805. The Morgan fingerprint density at radius 2 is 1.60 bits per heavy atom. The van der Waals surface area contributed by atoms with Crippen LogP contribution in [-0.4, -0.2) is 41.1 Å². The number of urea groups is 1. The van der Waals surface area contributed by atoms with Crippen molar-refractivity contribution in [2.75, 3.05) is 13.1 Å². The minimum absolute atomic E-state index is 0.0349. The van der Waals surface area contributed by atoms with E-state index < -0.39 is 5.97 Å². The zero-order valence-corrected chi connectivity index (χ0v) is 11.6. The van der Waals surface area contributed by atoms with Gasteiger partial charge < -0.3 is 15.3 Å².